The molecule has 30 heavy (non-hydrogen) atoms. The van der Waals surface area contributed by atoms with Crippen molar-refractivity contribution in [1.29, 1.82) is 0 Å². The standard InChI is InChI=1S/C22H29FN2O2S2.ClH/c1-3-25(4-2)14-21-13-20(16-29-21)27-11-6-5-10-24-22(26)17-28-15-18-8-7-9-19(23)12-18;/h5,7-10,12-13,16H,3-4,6,11,14-15,17H2,1-2H3,(H,24,26);1H/b10-5-;. The lowest BCUT2D eigenvalue weighted by Gasteiger charge is -2.16. The van der Waals surface area contributed by atoms with Gasteiger partial charge in [-0.3, -0.25) is 9.69 Å². The van der Waals surface area contributed by atoms with Crippen LogP contribution in [0.2, 0.25) is 0 Å². The monoisotopic (exact) mass is 472 g/mol. The summed E-state index contributed by atoms with van der Waals surface area (Å²) in [5.74, 6) is 1.53. The molecule has 1 N–H and O–H groups in total. The van der Waals surface area contributed by atoms with Crippen molar-refractivity contribution in [3.05, 3.63) is 64.2 Å². The van der Waals surface area contributed by atoms with Crippen LogP contribution in [-0.4, -0.2) is 36.3 Å². The first-order valence-electron chi connectivity index (χ1n) is 9.79. The topological polar surface area (TPSA) is 41.6 Å². The lowest BCUT2D eigenvalue weighted by molar-refractivity contribution is -0.117. The average Bonchev–Trinajstić information content (AvgIpc) is 3.16. The summed E-state index contributed by atoms with van der Waals surface area (Å²) in [6.07, 6.45) is 4.27. The molecule has 0 atom stereocenters. The summed E-state index contributed by atoms with van der Waals surface area (Å²) in [6, 6.07) is 8.54. The number of thioether (sulfide) groups is 1. The molecule has 0 fully saturated rings. The van der Waals surface area contributed by atoms with E-state index >= 15 is 0 Å². The number of thiophene rings is 1. The number of halogens is 2. The van der Waals surface area contributed by atoms with E-state index in [1.54, 1.807) is 23.6 Å². The van der Waals surface area contributed by atoms with Crippen molar-refractivity contribution < 1.29 is 13.9 Å². The Balaban J connectivity index is 0.00000450. The number of nitrogens with one attached hydrogen (secondary N) is 1. The van der Waals surface area contributed by atoms with E-state index < -0.39 is 0 Å². The molecule has 1 heterocycles. The average molecular weight is 473 g/mol. The third kappa shape index (κ3) is 10.5. The number of amides is 1. The van der Waals surface area contributed by atoms with Crippen molar-refractivity contribution in [2.75, 3.05) is 25.4 Å². The van der Waals surface area contributed by atoms with Gasteiger partial charge in [-0.05, 0) is 43.1 Å². The Bertz CT molecular complexity index is 782. The fourth-order valence-electron chi connectivity index (χ4n) is 2.60. The molecule has 0 bridgehead atoms. The van der Waals surface area contributed by atoms with Crippen molar-refractivity contribution in [2.45, 2.75) is 32.6 Å². The zero-order chi connectivity index (χ0) is 20.9. The molecule has 2 aromatic rings. The highest BCUT2D eigenvalue weighted by molar-refractivity contribution is 7.99. The highest BCUT2D eigenvalue weighted by Gasteiger charge is 2.05. The van der Waals surface area contributed by atoms with Gasteiger partial charge in [0.15, 0.2) is 0 Å². The normalized spacial score (nSPS) is 10.9. The smallest absolute Gasteiger partial charge is 0.233 e. The number of hydrogen-bond donors (Lipinski definition) is 1. The minimum atomic E-state index is -0.250. The molecule has 1 aromatic heterocycles. The Morgan fingerprint density at radius 1 is 1.30 bits per heavy atom. The third-order valence-electron chi connectivity index (χ3n) is 4.21. The predicted molar refractivity (Wildman–Crippen MR) is 128 cm³/mol. The van der Waals surface area contributed by atoms with Crippen molar-refractivity contribution in [2.24, 2.45) is 0 Å². The lowest BCUT2D eigenvalue weighted by atomic mass is 10.2. The third-order valence-corrected chi connectivity index (χ3v) is 6.11. The van der Waals surface area contributed by atoms with E-state index in [2.05, 4.69) is 30.1 Å². The molecule has 0 saturated carbocycles. The zero-order valence-electron chi connectivity index (χ0n) is 17.4. The van der Waals surface area contributed by atoms with Gasteiger partial charge in [0.1, 0.15) is 11.6 Å². The number of nitrogens with zero attached hydrogens (tertiary/aromatic N) is 1. The van der Waals surface area contributed by atoms with Gasteiger partial charge < -0.3 is 10.1 Å². The number of rotatable bonds is 13. The van der Waals surface area contributed by atoms with Crippen LogP contribution >= 0.6 is 35.5 Å². The molecule has 0 spiro atoms. The quantitative estimate of drug-likeness (QED) is 0.392. The molecule has 0 aliphatic carbocycles. The second-order valence-electron chi connectivity index (χ2n) is 6.44. The molecule has 0 saturated heterocycles. The molecule has 0 aliphatic heterocycles. The molecule has 4 nitrogen and oxygen atoms in total. The molecule has 0 aliphatic rings. The molecule has 2 rings (SSSR count). The number of carbonyl (C=O) groups excluding carboxylic acids is 1. The van der Waals surface area contributed by atoms with Crippen molar-refractivity contribution in [3.8, 4) is 5.75 Å². The maximum atomic E-state index is 13.1. The van der Waals surface area contributed by atoms with Crippen LogP contribution < -0.4 is 10.1 Å². The molecule has 8 heteroatoms. The maximum Gasteiger partial charge on any atom is 0.233 e. The minimum Gasteiger partial charge on any atom is -0.492 e. The Hall–Kier alpha value is -1.54. The molecule has 166 valence electrons. The van der Waals surface area contributed by atoms with Gasteiger partial charge in [-0.2, -0.15) is 0 Å². The fourth-order valence-corrected chi connectivity index (χ4v) is 4.23. The first-order chi connectivity index (χ1) is 14.1. The number of ether oxygens (including phenoxy) is 1. The summed E-state index contributed by atoms with van der Waals surface area (Å²) in [5.41, 5.74) is 0.879. The molecule has 0 unspecified atom stereocenters. The van der Waals surface area contributed by atoms with Crippen molar-refractivity contribution in [3.63, 3.8) is 0 Å². The van der Waals surface area contributed by atoms with E-state index in [0.29, 0.717) is 18.1 Å². The Labute approximate surface area is 193 Å². The first-order valence-corrected chi connectivity index (χ1v) is 11.8. The highest BCUT2D eigenvalue weighted by atomic mass is 35.5. The van der Waals surface area contributed by atoms with Crippen LogP contribution in [0.25, 0.3) is 0 Å². The Morgan fingerprint density at radius 3 is 2.83 bits per heavy atom. The van der Waals surface area contributed by atoms with Gasteiger partial charge in [0.2, 0.25) is 5.91 Å². The van der Waals surface area contributed by atoms with Crippen molar-refractivity contribution >= 4 is 41.4 Å². The van der Waals surface area contributed by atoms with E-state index in [4.69, 9.17) is 4.74 Å². The zero-order valence-corrected chi connectivity index (χ0v) is 19.9. The van der Waals surface area contributed by atoms with Crippen molar-refractivity contribution in [1.82, 2.24) is 10.2 Å². The second-order valence-corrected chi connectivity index (χ2v) is 8.42. The number of hydrogen-bond acceptors (Lipinski definition) is 5. The van der Waals surface area contributed by atoms with Crippen LogP contribution in [0.15, 0.2) is 48.0 Å². The maximum absolute atomic E-state index is 13.1. The van der Waals surface area contributed by atoms with E-state index in [9.17, 15) is 9.18 Å². The molecule has 0 radical (unpaired) electrons. The van der Waals surface area contributed by atoms with Gasteiger partial charge in [-0.15, -0.1) is 35.5 Å². The van der Waals surface area contributed by atoms with Gasteiger partial charge >= 0.3 is 0 Å². The summed E-state index contributed by atoms with van der Waals surface area (Å²) in [5, 5.41) is 4.79. The van der Waals surface area contributed by atoms with Gasteiger partial charge in [-0.1, -0.05) is 32.1 Å². The highest BCUT2D eigenvalue weighted by Crippen LogP contribution is 2.23. The Kier molecular flexibility index (Phi) is 13.5. The SMILES string of the molecule is CCN(CC)Cc1cc(OCC/C=C\NC(=O)CSCc2cccc(F)c2)cs1.Cl. The molecule has 1 aromatic carbocycles. The van der Waals surface area contributed by atoms with Crippen LogP contribution in [0.1, 0.15) is 30.7 Å². The van der Waals surface area contributed by atoms with Gasteiger partial charge in [0.05, 0.1) is 12.4 Å². The van der Waals surface area contributed by atoms with Crippen LogP contribution in [0.3, 0.4) is 0 Å². The molecular formula is C22H30ClFN2O2S2. The summed E-state index contributed by atoms with van der Waals surface area (Å²) < 4.78 is 18.9. The lowest BCUT2D eigenvalue weighted by Crippen LogP contribution is -2.21. The summed E-state index contributed by atoms with van der Waals surface area (Å²) in [4.78, 5) is 15.5. The largest absolute Gasteiger partial charge is 0.492 e. The number of benzene rings is 1. The fraction of sp³-hybridized carbons (Fsp3) is 0.409. The summed E-state index contributed by atoms with van der Waals surface area (Å²) in [6.45, 7) is 7.96. The number of carbonyl (C=O) groups is 1. The van der Waals surface area contributed by atoms with E-state index in [1.807, 2.05) is 17.5 Å². The van der Waals surface area contributed by atoms with Crippen LogP contribution in [0, 0.1) is 5.82 Å². The molecule has 1 amide bonds. The predicted octanol–water partition coefficient (Wildman–Crippen LogP) is 5.48. The van der Waals surface area contributed by atoms with E-state index in [1.165, 1.54) is 28.8 Å². The van der Waals surface area contributed by atoms with Gasteiger partial charge in [0, 0.05) is 29.0 Å². The van der Waals surface area contributed by atoms with Crippen LogP contribution in [0.5, 0.6) is 5.75 Å². The summed E-state index contributed by atoms with van der Waals surface area (Å²) >= 11 is 3.18. The van der Waals surface area contributed by atoms with Crippen LogP contribution in [-0.2, 0) is 17.1 Å². The first kappa shape index (κ1) is 26.5. The van der Waals surface area contributed by atoms with Gasteiger partial charge in [-0.25, -0.2) is 4.39 Å². The van der Waals surface area contributed by atoms with E-state index in [0.717, 1.165) is 37.4 Å². The van der Waals surface area contributed by atoms with Gasteiger partial charge in [0.25, 0.3) is 0 Å². The Morgan fingerprint density at radius 2 is 2.10 bits per heavy atom. The molecular weight excluding hydrogens is 443 g/mol. The van der Waals surface area contributed by atoms with Crippen LogP contribution in [0.4, 0.5) is 4.39 Å². The summed E-state index contributed by atoms with van der Waals surface area (Å²) in [7, 11) is 0. The van der Waals surface area contributed by atoms with E-state index in [-0.39, 0.29) is 24.1 Å². The minimum absolute atomic E-state index is 0. The second kappa shape index (κ2) is 15.3.